The largest absolute Gasteiger partial charge is 0.463 e. The fraction of sp³-hybridized carbons (Fsp3) is 0.958. The number of hydrogen-bond acceptors (Lipinski definition) is 12. The number of aliphatic hydroxyl groups excluding tert-OH is 7. The molecule has 2 fully saturated rings. The van der Waals surface area contributed by atoms with Crippen molar-refractivity contribution < 1.29 is 59.5 Å². The molecule has 2 rings (SSSR count). The summed E-state index contributed by atoms with van der Waals surface area (Å²) in [5.41, 5.74) is 0. The van der Waals surface area contributed by atoms with Crippen LogP contribution in [0.2, 0.25) is 0 Å². The van der Waals surface area contributed by atoms with Crippen LogP contribution >= 0.6 is 0 Å². The van der Waals surface area contributed by atoms with Gasteiger partial charge in [0.1, 0.15) is 55.9 Å². The fourth-order valence-corrected chi connectivity index (χ4v) is 4.45. The number of esters is 1. The zero-order valence-electron chi connectivity index (χ0n) is 21.0. The minimum absolute atomic E-state index is 0.192. The normalized spacial score (nSPS) is 36.8. The Hall–Kier alpha value is -0.930. The lowest BCUT2D eigenvalue weighted by Crippen LogP contribution is -2.62. The van der Waals surface area contributed by atoms with Crippen LogP contribution in [0, 0.1) is 0 Å². The first-order valence-electron chi connectivity index (χ1n) is 13.0. The average Bonchev–Trinajstić information content (AvgIpc) is 3.12. The summed E-state index contributed by atoms with van der Waals surface area (Å²) >= 11 is 0. The van der Waals surface area contributed by atoms with Gasteiger partial charge in [0.2, 0.25) is 5.79 Å². The number of aliphatic hydroxyl groups is 7. The highest BCUT2D eigenvalue weighted by Crippen LogP contribution is 2.36. The van der Waals surface area contributed by atoms with E-state index >= 15 is 0 Å². The Balaban J connectivity index is 1.80. The fourth-order valence-electron chi connectivity index (χ4n) is 4.45. The zero-order valence-corrected chi connectivity index (χ0v) is 21.0. The van der Waals surface area contributed by atoms with Crippen LogP contribution < -0.4 is 0 Å². The topological polar surface area (TPSA) is 196 Å². The maximum atomic E-state index is 12.1. The van der Waals surface area contributed by atoms with Crippen molar-refractivity contribution >= 4 is 5.97 Å². The van der Waals surface area contributed by atoms with Gasteiger partial charge in [-0.15, -0.1) is 0 Å². The van der Waals surface area contributed by atoms with Crippen molar-refractivity contribution in [2.24, 2.45) is 0 Å². The Bertz CT molecular complexity index is 636. The maximum absolute atomic E-state index is 12.1. The van der Waals surface area contributed by atoms with Crippen LogP contribution in [0.4, 0.5) is 0 Å². The van der Waals surface area contributed by atoms with Gasteiger partial charge in [-0.05, 0) is 6.42 Å². The summed E-state index contributed by atoms with van der Waals surface area (Å²) in [5.74, 6) is -2.76. The van der Waals surface area contributed by atoms with Crippen LogP contribution in [0.25, 0.3) is 0 Å². The highest BCUT2D eigenvalue weighted by molar-refractivity contribution is 5.69. The molecule has 2 aliphatic heterocycles. The molecule has 0 amide bonds. The molecule has 8 unspecified atom stereocenters. The van der Waals surface area contributed by atoms with E-state index in [1.165, 1.54) is 32.1 Å². The molecule has 212 valence electrons. The van der Waals surface area contributed by atoms with E-state index in [2.05, 4.69) is 6.92 Å². The van der Waals surface area contributed by atoms with Gasteiger partial charge in [0, 0.05) is 6.42 Å². The summed E-state index contributed by atoms with van der Waals surface area (Å²) in [6, 6.07) is 0. The van der Waals surface area contributed by atoms with E-state index in [1.54, 1.807) is 0 Å². The highest BCUT2D eigenvalue weighted by atomic mass is 16.8. The quantitative estimate of drug-likeness (QED) is 0.0970. The Morgan fingerprint density at radius 3 is 1.97 bits per heavy atom. The van der Waals surface area contributed by atoms with Gasteiger partial charge in [-0.3, -0.25) is 4.79 Å². The second-order valence-electron chi connectivity index (χ2n) is 9.64. The number of hydrogen-bond donors (Lipinski definition) is 7. The van der Waals surface area contributed by atoms with Crippen molar-refractivity contribution in [2.45, 2.75) is 126 Å². The van der Waals surface area contributed by atoms with Crippen LogP contribution in [-0.2, 0) is 23.7 Å². The molecule has 7 N–H and O–H groups in total. The lowest BCUT2D eigenvalue weighted by Gasteiger charge is -2.43. The first-order valence-corrected chi connectivity index (χ1v) is 13.0. The van der Waals surface area contributed by atoms with E-state index in [-0.39, 0.29) is 6.42 Å². The second kappa shape index (κ2) is 15.5. The molecule has 0 spiro atoms. The number of carbonyl (C=O) groups excluding carboxylic acids is 1. The van der Waals surface area contributed by atoms with Crippen molar-refractivity contribution in [3.63, 3.8) is 0 Å². The van der Waals surface area contributed by atoms with E-state index in [1.807, 2.05) is 0 Å². The third kappa shape index (κ3) is 8.29. The van der Waals surface area contributed by atoms with Crippen molar-refractivity contribution in [1.29, 1.82) is 0 Å². The number of carbonyl (C=O) groups is 1. The molecule has 0 saturated carbocycles. The summed E-state index contributed by atoms with van der Waals surface area (Å²) in [7, 11) is 0. The molecule has 2 heterocycles. The van der Waals surface area contributed by atoms with E-state index in [9.17, 15) is 40.5 Å². The molecule has 12 nitrogen and oxygen atoms in total. The first-order chi connectivity index (χ1) is 17.2. The number of rotatable bonds is 16. The van der Waals surface area contributed by atoms with Crippen molar-refractivity contribution in [3.05, 3.63) is 0 Å². The molecule has 0 aliphatic carbocycles. The van der Waals surface area contributed by atoms with E-state index in [0.717, 1.165) is 19.3 Å². The third-order valence-corrected chi connectivity index (χ3v) is 6.78. The molecule has 0 aromatic rings. The Morgan fingerprint density at radius 1 is 0.806 bits per heavy atom. The highest BCUT2D eigenvalue weighted by Gasteiger charge is 2.58. The molecule has 0 bridgehead atoms. The summed E-state index contributed by atoms with van der Waals surface area (Å²) in [5, 5.41) is 70.1. The molecule has 2 saturated heterocycles. The zero-order chi connectivity index (χ0) is 26.7. The van der Waals surface area contributed by atoms with E-state index in [4.69, 9.17) is 18.9 Å². The average molecular weight is 525 g/mol. The molecule has 0 aromatic carbocycles. The van der Waals surface area contributed by atoms with Gasteiger partial charge < -0.3 is 54.7 Å². The summed E-state index contributed by atoms with van der Waals surface area (Å²) in [4.78, 5) is 12.1. The van der Waals surface area contributed by atoms with Gasteiger partial charge in [0.15, 0.2) is 6.29 Å². The maximum Gasteiger partial charge on any atom is 0.305 e. The van der Waals surface area contributed by atoms with Gasteiger partial charge in [-0.25, -0.2) is 0 Å². The van der Waals surface area contributed by atoms with Gasteiger partial charge in [-0.1, -0.05) is 58.3 Å². The molecule has 9 atom stereocenters. The molecule has 0 aromatic heterocycles. The van der Waals surface area contributed by atoms with Crippen LogP contribution in [0.5, 0.6) is 0 Å². The number of unbranched alkanes of at least 4 members (excludes halogenated alkanes) is 8. The van der Waals surface area contributed by atoms with E-state index < -0.39 is 80.6 Å². The Kier molecular flexibility index (Phi) is 13.4. The molecular formula is C24H44O12. The van der Waals surface area contributed by atoms with Crippen LogP contribution in [0.1, 0.15) is 71.1 Å². The monoisotopic (exact) mass is 524 g/mol. The van der Waals surface area contributed by atoms with Gasteiger partial charge >= 0.3 is 5.97 Å². The lowest BCUT2D eigenvalue weighted by atomic mass is 9.99. The summed E-state index contributed by atoms with van der Waals surface area (Å²) in [6.07, 6.45) is -2.81. The molecule has 12 heteroatoms. The second-order valence-corrected chi connectivity index (χ2v) is 9.64. The van der Waals surface area contributed by atoms with Crippen LogP contribution in [0.15, 0.2) is 0 Å². The van der Waals surface area contributed by atoms with Gasteiger partial charge in [0.25, 0.3) is 0 Å². The minimum Gasteiger partial charge on any atom is -0.463 e. The molecule has 36 heavy (non-hydrogen) atoms. The standard InChI is InChI=1S/C24H44O12/c1-2-3-4-5-6-7-8-9-10-11-17(27)33-13-16-18(28)20(30)21(31)23(34-16)36-24(14-26)22(32)19(29)15(12-25)35-24/h15-16,18-23,25-26,28-32H,2-14H2,1H3/t15?,16?,18?,19?,20?,21?,22?,23?,24-/m0/s1. The predicted molar refractivity (Wildman–Crippen MR) is 124 cm³/mol. The molecular weight excluding hydrogens is 480 g/mol. The smallest absolute Gasteiger partial charge is 0.305 e. The molecule has 0 radical (unpaired) electrons. The lowest BCUT2D eigenvalue weighted by molar-refractivity contribution is -0.383. The minimum atomic E-state index is -2.27. The van der Waals surface area contributed by atoms with Gasteiger partial charge in [-0.2, -0.15) is 0 Å². The van der Waals surface area contributed by atoms with Crippen molar-refractivity contribution in [3.8, 4) is 0 Å². The third-order valence-electron chi connectivity index (χ3n) is 6.78. The Labute approximate surface area is 211 Å². The first kappa shape index (κ1) is 31.3. The summed E-state index contributed by atoms with van der Waals surface area (Å²) in [6.45, 7) is 0.0841. The number of ether oxygens (including phenoxy) is 4. The summed E-state index contributed by atoms with van der Waals surface area (Å²) < 4.78 is 21.3. The van der Waals surface area contributed by atoms with E-state index in [0.29, 0.717) is 6.42 Å². The van der Waals surface area contributed by atoms with Crippen LogP contribution in [-0.4, -0.2) is 116 Å². The predicted octanol–water partition coefficient (Wildman–Crippen LogP) is -0.924. The SMILES string of the molecule is CCCCCCCCCCCC(=O)OCC1OC(O[C@]2(CO)OC(CO)C(O)C2O)C(O)C(O)C1O. The van der Waals surface area contributed by atoms with Crippen molar-refractivity contribution in [2.75, 3.05) is 19.8 Å². The van der Waals surface area contributed by atoms with Crippen LogP contribution in [0.3, 0.4) is 0 Å². The van der Waals surface area contributed by atoms with Gasteiger partial charge in [0.05, 0.1) is 6.61 Å². The van der Waals surface area contributed by atoms with Crippen molar-refractivity contribution in [1.82, 2.24) is 0 Å². The Morgan fingerprint density at radius 2 is 1.42 bits per heavy atom. The molecule has 2 aliphatic rings.